The normalized spacial score (nSPS) is 15.3. The molecule has 0 radical (unpaired) electrons. The molecule has 6 heteroatoms. The summed E-state index contributed by atoms with van der Waals surface area (Å²) < 4.78 is 0. The van der Waals surface area contributed by atoms with E-state index in [2.05, 4.69) is 40.2 Å². The molecular weight excluding hydrogens is 302 g/mol. The number of nitrogens with zero attached hydrogens (tertiary/aromatic N) is 4. The number of piperazine rings is 1. The summed E-state index contributed by atoms with van der Waals surface area (Å²) in [6, 6.07) is 8.08. The minimum absolute atomic E-state index is 0.00334. The SMILES string of the molecule is CCc1ccccc1Nc1ncc(C(=O)N2CCN(C)CC2)cn1. The van der Waals surface area contributed by atoms with Gasteiger partial charge in [-0.05, 0) is 25.1 Å². The zero-order chi connectivity index (χ0) is 16.9. The summed E-state index contributed by atoms with van der Waals surface area (Å²) in [5, 5.41) is 3.22. The highest BCUT2D eigenvalue weighted by Crippen LogP contribution is 2.19. The number of carbonyl (C=O) groups excluding carboxylic acids is 1. The van der Waals surface area contributed by atoms with Crippen molar-refractivity contribution in [3.05, 3.63) is 47.8 Å². The van der Waals surface area contributed by atoms with Crippen LogP contribution in [0.4, 0.5) is 11.6 Å². The van der Waals surface area contributed by atoms with E-state index in [1.165, 1.54) is 5.56 Å². The fourth-order valence-electron chi connectivity index (χ4n) is 2.77. The van der Waals surface area contributed by atoms with E-state index in [-0.39, 0.29) is 5.91 Å². The highest BCUT2D eigenvalue weighted by Gasteiger charge is 2.20. The largest absolute Gasteiger partial charge is 0.336 e. The summed E-state index contributed by atoms with van der Waals surface area (Å²) in [5.74, 6) is 0.509. The van der Waals surface area contributed by atoms with E-state index in [1.54, 1.807) is 12.4 Å². The van der Waals surface area contributed by atoms with Gasteiger partial charge in [0.15, 0.2) is 0 Å². The predicted molar refractivity (Wildman–Crippen MR) is 94.5 cm³/mol. The summed E-state index contributed by atoms with van der Waals surface area (Å²) in [6.07, 6.45) is 4.14. The molecule has 0 saturated carbocycles. The number of carbonyl (C=O) groups is 1. The van der Waals surface area contributed by atoms with Crippen LogP contribution in [0.15, 0.2) is 36.7 Å². The van der Waals surface area contributed by atoms with Gasteiger partial charge in [0.05, 0.1) is 5.56 Å². The monoisotopic (exact) mass is 325 g/mol. The predicted octanol–water partition coefficient (Wildman–Crippen LogP) is 2.17. The van der Waals surface area contributed by atoms with Crippen LogP contribution in [0.2, 0.25) is 0 Å². The molecule has 2 heterocycles. The first kappa shape index (κ1) is 16.4. The number of hydrogen-bond acceptors (Lipinski definition) is 5. The molecule has 0 unspecified atom stereocenters. The molecule has 6 nitrogen and oxygen atoms in total. The van der Waals surface area contributed by atoms with Gasteiger partial charge in [0, 0.05) is 44.3 Å². The number of para-hydroxylation sites is 1. The fourth-order valence-corrected chi connectivity index (χ4v) is 2.77. The summed E-state index contributed by atoms with van der Waals surface area (Å²) in [6.45, 7) is 5.41. The Hall–Kier alpha value is -2.47. The first-order chi connectivity index (χ1) is 11.7. The maximum atomic E-state index is 12.5. The topological polar surface area (TPSA) is 61.4 Å². The van der Waals surface area contributed by atoms with Crippen molar-refractivity contribution < 1.29 is 4.79 Å². The minimum Gasteiger partial charge on any atom is -0.336 e. The summed E-state index contributed by atoms with van der Waals surface area (Å²) in [4.78, 5) is 25.2. The molecule has 3 rings (SSSR count). The van der Waals surface area contributed by atoms with Crippen molar-refractivity contribution >= 4 is 17.5 Å². The Morgan fingerprint density at radius 2 is 1.79 bits per heavy atom. The lowest BCUT2D eigenvalue weighted by atomic mass is 10.1. The number of aryl methyl sites for hydroxylation is 1. The maximum absolute atomic E-state index is 12.5. The van der Waals surface area contributed by atoms with Gasteiger partial charge in [-0.15, -0.1) is 0 Å². The van der Waals surface area contributed by atoms with E-state index in [4.69, 9.17) is 0 Å². The van der Waals surface area contributed by atoms with Crippen molar-refractivity contribution in [1.82, 2.24) is 19.8 Å². The van der Waals surface area contributed by atoms with Gasteiger partial charge in [0.1, 0.15) is 0 Å². The lowest BCUT2D eigenvalue weighted by Gasteiger charge is -2.32. The smallest absolute Gasteiger partial charge is 0.257 e. The molecule has 1 aromatic carbocycles. The zero-order valence-electron chi connectivity index (χ0n) is 14.2. The van der Waals surface area contributed by atoms with Gasteiger partial charge < -0.3 is 15.1 Å². The van der Waals surface area contributed by atoms with Crippen molar-refractivity contribution in [2.75, 3.05) is 38.5 Å². The van der Waals surface area contributed by atoms with Crippen LogP contribution in [0.3, 0.4) is 0 Å². The highest BCUT2D eigenvalue weighted by molar-refractivity contribution is 5.93. The van der Waals surface area contributed by atoms with E-state index in [1.807, 2.05) is 23.1 Å². The molecule has 1 aliphatic rings. The van der Waals surface area contributed by atoms with Crippen LogP contribution in [-0.2, 0) is 6.42 Å². The molecule has 1 aliphatic heterocycles. The Kier molecular flexibility index (Phi) is 5.05. The molecule has 1 amide bonds. The van der Waals surface area contributed by atoms with Gasteiger partial charge in [0.25, 0.3) is 5.91 Å². The average molecular weight is 325 g/mol. The Morgan fingerprint density at radius 3 is 2.46 bits per heavy atom. The molecule has 0 spiro atoms. The van der Waals surface area contributed by atoms with E-state index in [9.17, 15) is 4.79 Å². The minimum atomic E-state index is 0.00334. The lowest BCUT2D eigenvalue weighted by molar-refractivity contribution is 0.0663. The molecule has 1 fully saturated rings. The van der Waals surface area contributed by atoms with Crippen LogP contribution in [0.5, 0.6) is 0 Å². The van der Waals surface area contributed by atoms with E-state index in [0.717, 1.165) is 38.3 Å². The van der Waals surface area contributed by atoms with Crippen molar-refractivity contribution in [2.45, 2.75) is 13.3 Å². The summed E-state index contributed by atoms with van der Waals surface area (Å²) in [7, 11) is 2.07. The van der Waals surface area contributed by atoms with Crippen LogP contribution in [0.1, 0.15) is 22.8 Å². The second-order valence-corrected chi connectivity index (χ2v) is 6.03. The second kappa shape index (κ2) is 7.40. The zero-order valence-corrected chi connectivity index (χ0v) is 14.2. The third-order valence-electron chi connectivity index (χ3n) is 4.33. The third-order valence-corrected chi connectivity index (χ3v) is 4.33. The summed E-state index contributed by atoms with van der Waals surface area (Å²) in [5.41, 5.74) is 2.74. The molecule has 0 aliphatic carbocycles. The number of likely N-dealkylation sites (N-methyl/N-ethyl adjacent to an activating group) is 1. The molecule has 0 bridgehead atoms. The number of aromatic nitrogens is 2. The molecule has 2 aromatic rings. The van der Waals surface area contributed by atoms with Gasteiger partial charge in [0.2, 0.25) is 5.95 Å². The quantitative estimate of drug-likeness (QED) is 0.933. The van der Waals surface area contributed by atoms with Crippen LogP contribution in [0, 0.1) is 0 Å². The van der Waals surface area contributed by atoms with E-state index in [0.29, 0.717) is 11.5 Å². The van der Waals surface area contributed by atoms with Gasteiger partial charge in [-0.3, -0.25) is 4.79 Å². The van der Waals surface area contributed by atoms with E-state index >= 15 is 0 Å². The number of anilines is 2. The summed E-state index contributed by atoms with van der Waals surface area (Å²) >= 11 is 0. The number of amides is 1. The second-order valence-electron chi connectivity index (χ2n) is 6.03. The Balaban J connectivity index is 1.68. The molecule has 0 atom stereocenters. The molecule has 1 aromatic heterocycles. The first-order valence-electron chi connectivity index (χ1n) is 8.32. The first-order valence-corrected chi connectivity index (χ1v) is 8.32. The van der Waals surface area contributed by atoms with Crippen LogP contribution in [-0.4, -0.2) is 58.9 Å². The third kappa shape index (κ3) is 3.71. The van der Waals surface area contributed by atoms with Gasteiger partial charge in [-0.1, -0.05) is 25.1 Å². The number of hydrogen-bond donors (Lipinski definition) is 1. The molecule has 24 heavy (non-hydrogen) atoms. The molecule has 126 valence electrons. The van der Waals surface area contributed by atoms with Crippen molar-refractivity contribution in [3.63, 3.8) is 0 Å². The van der Waals surface area contributed by atoms with Gasteiger partial charge in [-0.25, -0.2) is 9.97 Å². The van der Waals surface area contributed by atoms with Crippen molar-refractivity contribution in [1.29, 1.82) is 0 Å². The number of nitrogens with one attached hydrogen (secondary N) is 1. The van der Waals surface area contributed by atoms with Crippen molar-refractivity contribution in [3.8, 4) is 0 Å². The Bertz CT molecular complexity index is 693. The molecule has 1 saturated heterocycles. The van der Waals surface area contributed by atoms with E-state index < -0.39 is 0 Å². The van der Waals surface area contributed by atoms with Crippen molar-refractivity contribution in [2.24, 2.45) is 0 Å². The van der Waals surface area contributed by atoms with Gasteiger partial charge >= 0.3 is 0 Å². The fraction of sp³-hybridized carbons (Fsp3) is 0.389. The van der Waals surface area contributed by atoms with Crippen LogP contribution < -0.4 is 5.32 Å². The standard InChI is InChI=1S/C18H23N5O/c1-3-14-6-4-5-7-16(14)21-18-19-12-15(13-20-18)17(24)23-10-8-22(2)9-11-23/h4-7,12-13H,3,8-11H2,1-2H3,(H,19,20,21). The van der Waals surface area contributed by atoms with Crippen LogP contribution >= 0.6 is 0 Å². The Morgan fingerprint density at radius 1 is 1.12 bits per heavy atom. The lowest BCUT2D eigenvalue weighted by Crippen LogP contribution is -2.47. The molecular formula is C18H23N5O. The average Bonchev–Trinajstić information content (AvgIpc) is 2.63. The maximum Gasteiger partial charge on any atom is 0.257 e. The number of rotatable bonds is 4. The highest BCUT2D eigenvalue weighted by atomic mass is 16.2. The molecule has 1 N–H and O–H groups in total. The van der Waals surface area contributed by atoms with Crippen LogP contribution in [0.25, 0.3) is 0 Å². The Labute approximate surface area is 142 Å². The number of benzene rings is 1. The van der Waals surface area contributed by atoms with Gasteiger partial charge in [-0.2, -0.15) is 0 Å².